The first kappa shape index (κ1) is 13.8. The molecule has 1 aromatic carbocycles. The van der Waals surface area contributed by atoms with Crippen LogP contribution in [0.25, 0.3) is 0 Å². The van der Waals surface area contributed by atoms with Crippen molar-refractivity contribution in [3.63, 3.8) is 0 Å². The molecule has 2 aliphatic heterocycles. The molecule has 2 atom stereocenters. The molecule has 1 amide bonds. The van der Waals surface area contributed by atoms with E-state index in [2.05, 4.69) is 5.32 Å². The molecule has 2 fully saturated rings. The zero-order valence-electron chi connectivity index (χ0n) is 11.4. The molecule has 1 N–H and O–H groups in total. The van der Waals surface area contributed by atoms with Crippen LogP contribution in [0.1, 0.15) is 36.0 Å². The SMILES string of the molecule is CN(C(=O)c1cccc(Cl)c1F)C1CC2CCC(C1)N2. The van der Waals surface area contributed by atoms with Crippen molar-refractivity contribution in [3.8, 4) is 0 Å². The van der Waals surface area contributed by atoms with Crippen LogP contribution in [0.3, 0.4) is 0 Å². The molecule has 0 saturated carbocycles. The summed E-state index contributed by atoms with van der Waals surface area (Å²) in [6.07, 6.45) is 4.24. The molecule has 2 saturated heterocycles. The highest BCUT2D eigenvalue weighted by Gasteiger charge is 2.36. The fourth-order valence-corrected chi connectivity index (χ4v) is 3.54. The average molecular weight is 297 g/mol. The molecule has 2 aliphatic rings. The Kier molecular flexibility index (Phi) is 3.69. The molecular weight excluding hydrogens is 279 g/mol. The second-order valence-electron chi connectivity index (χ2n) is 5.78. The van der Waals surface area contributed by atoms with Gasteiger partial charge in [-0.05, 0) is 37.8 Å². The molecule has 108 valence electrons. The summed E-state index contributed by atoms with van der Waals surface area (Å²) in [5, 5.41) is 3.54. The van der Waals surface area contributed by atoms with E-state index in [-0.39, 0.29) is 22.5 Å². The summed E-state index contributed by atoms with van der Waals surface area (Å²) in [7, 11) is 1.76. The van der Waals surface area contributed by atoms with Gasteiger partial charge < -0.3 is 10.2 Å². The number of piperidine rings is 1. The van der Waals surface area contributed by atoms with Gasteiger partial charge in [-0.15, -0.1) is 0 Å². The zero-order valence-corrected chi connectivity index (χ0v) is 12.2. The largest absolute Gasteiger partial charge is 0.339 e. The van der Waals surface area contributed by atoms with Gasteiger partial charge in [-0.3, -0.25) is 4.79 Å². The Morgan fingerprint density at radius 2 is 2.00 bits per heavy atom. The van der Waals surface area contributed by atoms with Gasteiger partial charge in [0.2, 0.25) is 0 Å². The Hall–Kier alpha value is -1.13. The Balaban J connectivity index is 1.78. The summed E-state index contributed by atoms with van der Waals surface area (Å²) in [5.74, 6) is -0.903. The van der Waals surface area contributed by atoms with E-state index in [1.165, 1.54) is 25.0 Å². The van der Waals surface area contributed by atoms with Crippen molar-refractivity contribution < 1.29 is 9.18 Å². The normalized spacial score (nSPS) is 28.4. The van der Waals surface area contributed by atoms with Crippen molar-refractivity contribution in [2.75, 3.05) is 7.05 Å². The summed E-state index contributed by atoms with van der Waals surface area (Å²) in [4.78, 5) is 14.1. The van der Waals surface area contributed by atoms with Gasteiger partial charge in [0.05, 0.1) is 10.6 Å². The van der Waals surface area contributed by atoms with Crippen molar-refractivity contribution in [2.24, 2.45) is 0 Å². The van der Waals surface area contributed by atoms with E-state index in [0.29, 0.717) is 12.1 Å². The van der Waals surface area contributed by atoms with Gasteiger partial charge in [0, 0.05) is 25.2 Å². The Labute approximate surface area is 123 Å². The number of amides is 1. The van der Waals surface area contributed by atoms with Gasteiger partial charge in [-0.2, -0.15) is 0 Å². The van der Waals surface area contributed by atoms with Crippen LogP contribution in [-0.2, 0) is 0 Å². The Morgan fingerprint density at radius 3 is 2.65 bits per heavy atom. The minimum atomic E-state index is -0.622. The molecule has 5 heteroatoms. The molecule has 20 heavy (non-hydrogen) atoms. The van der Waals surface area contributed by atoms with Gasteiger partial charge in [-0.1, -0.05) is 17.7 Å². The minimum Gasteiger partial charge on any atom is -0.339 e. The highest BCUT2D eigenvalue weighted by atomic mass is 35.5. The molecule has 1 aromatic rings. The lowest BCUT2D eigenvalue weighted by Crippen LogP contribution is -2.48. The minimum absolute atomic E-state index is 0.00497. The number of nitrogens with zero attached hydrogens (tertiary/aromatic N) is 1. The molecular formula is C15H18ClFN2O. The molecule has 2 unspecified atom stereocenters. The first-order valence-corrected chi connectivity index (χ1v) is 7.41. The smallest absolute Gasteiger partial charge is 0.256 e. The topological polar surface area (TPSA) is 32.3 Å². The standard InChI is InChI=1S/C15H18ClFN2O/c1-19(11-7-9-5-6-10(8-11)18-9)15(20)12-3-2-4-13(16)14(12)17/h2-4,9-11,18H,5-8H2,1H3. The quantitative estimate of drug-likeness (QED) is 0.910. The van der Waals surface area contributed by atoms with Crippen LogP contribution >= 0.6 is 11.6 Å². The molecule has 0 radical (unpaired) electrons. The van der Waals surface area contributed by atoms with Gasteiger partial charge in [-0.25, -0.2) is 4.39 Å². The summed E-state index contributed by atoms with van der Waals surface area (Å²) < 4.78 is 14.0. The van der Waals surface area contributed by atoms with Crippen molar-refractivity contribution in [1.82, 2.24) is 10.2 Å². The summed E-state index contributed by atoms with van der Waals surface area (Å²) in [6.45, 7) is 0. The second kappa shape index (κ2) is 5.34. The van der Waals surface area contributed by atoms with Crippen LogP contribution in [0.2, 0.25) is 5.02 Å². The van der Waals surface area contributed by atoms with E-state index in [4.69, 9.17) is 11.6 Å². The van der Waals surface area contributed by atoms with E-state index in [1.807, 2.05) is 0 Å². The van der Waals surface area contributed by atoms with Crippen molar-refractivity contribution in [3.05, 3.63) is 34.6 Å². The number of hydrogen-bond donors (Lipinski definition) is 1. The van der Waals surface area contributed by atoms with Gasteiger partial charge in [0.15, 0.2) is 5.82 Å². The number of carbonyl (C=O) groups is 1. The van der Waals surface area contributed by atoms with Crippen molar-refractivity contribution >= 4 is 17.5 Å². The number of carbonyl (C=O) groups excluding carboxylic acids is 1. The predicted molar refractivity (Wildman–Crippen MR) is 76.5 cm³/mol. The average Bonchev–Trinajstić information content (AvgIpc) is 2.79. The van der Waals surface area contributed by atoms with Gasteiger partial charge in [0.1, 0.15) is 0 Å². The van der Waals surface area contributed by atoms with Gasteiger partial charge in [0.25, 0.3) is 5.91 Å². The van der Waals surface area contributed by atoms with Crippen molar-refractivity contribution in [2.45, 2.75) is 43.8 Å². The zero-order chi connectivity index (χ0) is 14.3. The molecule has 0 spiro atoms. The lowest BCUT2D eigenvalue weighted by Gasteiger charge is -2.35. The number of benzene rings is 1. The molecule has 0 aliphatic carbocycles. The molecule has 3 rings (SSSR count). The fraction of sp³-hybridized carbons (Fsp3) is 0.533. The van der Waals surface area contributed by atoms with Crippen molar-refractivity contribution in [1.29, 1.82) is 0 Å². The highest BCUT2D eigenvalue weighted by molar-refractivity contribution is 6.31. The molecule has 2 bridgehead atoms. The summed E-state index contributed by atoms with van der Waals surface area (Å²) >= 11 is 5.75. The third-order valence-corrected chi connectivity index (χ3v) is 4.79. The van der Waals surface area contributed by atoms with Crippen LogP contribution in [0.5, 0.6) is 0 Å². The Morgan fingerprint density at radius 1 is 1.35 bits per heavy atom. The third-order valence-electron chi connectivity index (χ3n) is 4.50. The second-order valence-corrected chi connectivity index (χ2v) is 6.19. The molecule has 0 aromatic heterocycles. The van der Waals surface area contributed by atoms with E-state index in [0.717, 1.165) is 12.8 Å². The maximum Gasteiger partial charge on any atom is 0.256 e. The molecule has 3 nitrogen and oxygen atoms in total. The maximum atomic E-state index is 14.0. The first-order chi connectivity index (χ1) is 9.56. The number of nitrogens with one attached hydrogen (secondary N) is 1. The first-order valence-electron chi connectivity index (χ1n) is 7.03. The van der Waals surface area contributed by atoms with Gasteiger partial charge >= 0.3 is 0 Å². The van der Waals surface area contributed by atoms with Crippen LogP contribution in [-0.4, -0.2) is 36.0 Å². The van der Waals surface area contributed by atoms with E-state index < -0.39 is 5.82 Å². The highest BCUT2D eigenvalue weighted by Crippen LogP contribution is 2.30. The van der Waals surface area contributed by atoms with Crippen LogP contribution in [0.15, 0.2) is 18.2 Å². The van der Waals surface area contributed by atoms with Crippen LogP contribution in [0, 0.1) is 5.82 Å². The molecule has 2 heterocycles. The number of fused-ring (bicyclic) bond motifs is 2. The predicted octanol–water partition coefficient (Wildman–Crippen LogP) is 2.83. The number of hydrogen-bond acceptors (Lipinski definition) is 2. The van der Waals surface area contributed by atoms with Crippen LogP contribution < -0.4 is 5.32 Å². The monoisotopic (exact) mass is 296 g/mol. The fourth-order valence-electron chi connectivity index (χ4n) is 3.37. The number of rotatable bonds is 2. The summed E-state index contributed by atoms with van der Waals surface area (Å²) in [6, 6.07) is 5.74. The van der Waals surface area contributed by atoms with E-state index >= 15 is 0 Å². The van der Waals surface area contributed by atoms with Crippen LogP contribution in [0.4, 0.5) is 4.39 Å². The van der Waals surface area contributed by atoms with E-state index in [1.54, 1.807) is 18.0 Å². The Bertz CT molecular complexity index is 525. The summed E-state index contributed by atoms with van der Waals surface area (Å²) in [5.41, 5.74) is 0.0610. The lowest BCUT2D eigenvalue weighted by molar-refractivity contribution is 0.0677. The lowest BCUT2D eigenvalue weighted by atomic mass is 9.98. The third kappa shape index (κ3) is 2.42. The van der Waals surface area contributed by atoms with E-state index in [9.17, 15) is 9.18 Å². The maximum absolute atomic E-state index is 14.0. The number of halogens is 2.